The minimum absolute atomic E-state index is 0.116. The highest BCUT2D eigenvalue weighted by Crippen LogP contribution is 2.19. The second-order valence-corrected chi connectivity index (χ2v) is 5.08. The van der Waals surface area contributed by atoms with Crippen LogP contribution in [-0.2, 0) is 4.74 Å². The Kier molecular flexibility index (Phi) is 4.85. The first-order valence-electron chi connectivity index (χ1n) is 6.25. The Labute approximate surface area is 121 Å². The van der Waals surface area contributed by atoms with Crippen molar-refractivity contribution in [2.24, 2.45) is 0 Å². The molecular weight excluding hydrogens is 272 g/mol. The molecule has 1 aromatic carbocycles. The van der Waals surface area contributed by atoms with Gasteiger partial charge >= 0.3 is 5.97 Å². The summed E-state index contributed by atoms with van der Waals surface area (Å²) in [6, 6.07) is 12.8. The zero-order valence-corrected chi connectivity index (χ0v) is 11.9. The largest absolute Gasteiger partial charge is 0.462 e. The summed E-state index contributed by atoms with van der Waals surface area (Å²) in [5, 5.41) is 0. The van der Waals surface area contributed by atoms with Crippen molar-refractivity contribution < 1.29 is 14.3 Å². The van der Waals surface area contributed by atoms with Gasteiger partial charge in [0.15, 0.2) is 5.78 Å². The minimum Gasteiger partial charge on any atom is -0.462 e. The van der Waals surface area contributed by atoms with E-state index in [2.05, 4.69) is 0 Å². The minimum atomic E-state index is -0.386. The lowest BCUT2D eigenvalue weighted by Gasteiger charge is -1.96. The third-order valence-electron chi connectivity index (χ3n) is 2.55. The molecule has 20 heavy (non-hydrogen) atoms. The second kappa shape index (κ2) is 6.82. The molecule has 0 aliphatic carbocycles. The van der Waals surface area contributed by atoms with Crippen molar-refractivity contribution in [3.63, 3.8) is 0 Å². The van der Waals surface area contributed by atoms with Crippen LogP contribution in [0.1, 0.15) is 31.8 Å². The molecule has 0 aliphatic rings. The number of benzene rings is 1. The summed E-state index contributed by atoms with van der Waals surface area (Å²) >= 11 is 1.15. The molecule has 2 rings (SSSR count). The molecule has 4 heteroatoms. The number of carbonyl (C=O) groups is 2. The highest BCUT2D eigenvalue weighted by atomic mass is 32.1. The number of carbonyl (C=O) groups excluding carboxylic acids is 2. The molecular formula is C16H14O3S. The van der Waals surface area contributed by atoms with Gasteiger partial charge in [0, 0.05) is 0 Å². The highest BCUT2D eigenvalue weighted by Gasteiger charge is 2.12. The van der Waals surface area contributed by atoms with Crippen molar-refractivity contribution in [1.82, 2.24) is 0 Å². The fourth-order valence-corrected chi connectivity index (χ4v) is 2.42. The topological polar surface area (TPSA) is 43.4 Å². The number of ether oxygens (including phenoxy) is 1. The Morgan fingerprint density at radius 1 is 1.10 bits per heavy atom. The molecule has 0 unspecified atom stereocenters. The molecule has 3 nitrogen and oxygen atoms in total. The normalized spacial score (nSPS) is 10.7. The first-order chi connectivity index (χ1) is 9.70. The standard InChI is InChI=1S/C16H14O3S/c1-2-19-16(18)15-11-10-14(20-15)13(17)9-8-12-6-4-3-5-7-12/h3-11H,2H2,1H3. The van der Waals surface area contributed by atoms with Crippen LogP contribution in [0.5, 0.6) is 0 Å². The number of allylic oxidation sites excluding steroid dienone is 1. The predicted octanol–water partition coefficient (Wildman–Crippen LogP) is 3.82. The number of hydrogen-bond donors (Lipinski definition) is 0. The smallest absolute Gasteiger partial charge is 0.348 e. The molecule has 0 fully saturated rings. The Bertz CT molecular complexity index is 626. The van der Waals surface area contributed by atoms with E-state index in [1.54, 1.807) is 25.1 Å². The summed E-state index contributed by atoms with van der Waals surface area (Å²) in [7, 11) is 0. The van der Waals surface area contributed by atoms with Crippen LogP contribution >= 0.6 is 11.3 Å². The molecule has 0 aliphatic heterocycles. The average molecular weight is 286 g/mol. The van der Waals surface area contributed by atoms with Crippen LogP contribution < -0.4 is 0 Å². The average Bonchev–Trinajstić information content (AvgIpc) is 2.96. The zero-order valence-electron chi connectivity index (χ0n) is 11.0. The van der Waals surface area contributed by atoms with Crippen molar-refractivity contribution >= 4 is 29.2 Å². The number of ketones is 1. The van der Waals surface area contributed by atoms with Crippen LogP contribution in [0.25, 0.3) is 6.08 Å². The molecule has 0 radical (unpaired) electrons. The van der Waals surface area contributed by atoms with E-state index in [-0.39, 0.29) is 11.8 Å². The number of esters is 1. The van der Waals surface area contributed by atoms with Crippen LogP contribution in [0.15, 0.2) is 48.5 Å². The van der Waals surface area contributed by atoms with Crippen molar-refractivity contribution in [2.45, 2.75) is 6.92 Å². The van der Waals surface area contributed by atoms with Crippen molar-refractivity contribution in [3.8, 4) is 0 Å². The van der Waals surface area contributed by atoms with Crippen LogP contribution in [0, 0.1) is 0 Å². The van der Waals surface area contributed by atoms with Gasteiger partial charge < -0.3 is 4.74 Å². The van der Waals surface area contributed by atoms with Gasteiger partial charge in [-0.2, -0.15) is 0 Å². The van der Waals surface area contributed by atoms with E-state index in [1.165, 1.54) is 6.08 Å². The monoisotopic (exact) mass is 286 g/mol. The Morgan fingerprint density at radius 3 is 2.50 bits per heavy atom. The van der Waals surface area contributed by atoms with Gasteiger partial charge in [-0.05, 0) is 30.7 Å². The van der Waals surface area contributed by atoms with Gasteiger partial charge in [-0.25, -0.2) is 4.79 Å². The molecule has 1 heterocycles. The molecule has 0 atom stereocenters. The Balaban J connectivity index is 2.07. The third-order valence-corrected chi connectivity index (χ3v) is 3.63. The highest BCUT2D eigenvalue weighted by molar-refractivity contribution is 7.16. The van der Waals surface area contributed by atoms with E-state index < -0.39 is 0 Å². The summed E-state index contributed by atoms with van der Waals surface area (Å²) in [6.45, 7) is 2.08. The molecule has 102 valence electrons. The summed E-state index contributed by atoms with van der Waals surface area (Å²) in [5.74, 6) is -0.502. The second-order valence-electron chi connectivity index (χ2n) is 3.99. The van der Waals surface area contributed by atoms with Gasteiger partial charge in [0.1, 0.15) is 4.88 Å². The van der Waals surface area contributed by atoms with Crippen molar-refractivity contribution in [3.05, 3.63) is 63.9 Å². The molecule has 0 amide bonds. The number of thiophene rings is 1. The molecule has 0 N–H and O–H groups in total. The fraction of sp³-hybridized carbons (Fsp3) is 0.125. The van der Waals surface area contributed by atoms with E-state index in [1.807, 2.05) is 30.3 Å². The Morgan fingerprint density at radius 2 is 1.80 bits per heavy atom. The van der Waals surface area contributed by atoms with Gasteiger partial charge in [-0.1, -0.05) is 36.4 Å². The van der Waals surface area contributed by atoms with E-state index in [0.717, 1.165) is 16.9 Å². The van der Waals surface area contributed by atoms with Crippen LogP contribution in [0.4, 0.5) is 0 Å². The van der Waals surface area contributed by atoms with Gasteiger partial charge in [-0.3, -0.25) is 4.79 Å². The lowest BCUT2D eigenvalue weighted by atomic mass is 10.2. The number of rotatable bonds is 5. The zero-order chi connectivity index (χ0) is 14.4. The lowest BCUT2D eigenvalue weighted by molar-refractivity contribution is 0.0532. The summed E-state index contributed by atoms with van der Waals surface area (Å²) < 4.78 is 4.89. The predicted molar refractivity (Wildman–Crippen MR) is 80.1 cm³/mol. The lowest BCUT2D eigenvalue weighted by Crippen LogP contribution is -2.01. The summed E-state index contributed by atoms with van der Waals surface area (Å²) in [4.78, 5) is 24.5. The summed E-state index contributed by atoms with van der Waals surface area (Å²) in [6.07, 6.45) is 3.27. The summed E-state index contributed by atoms with van der Waals surface area (Å²) in [5.41, 5.74) is 0.961. The molecule has 0 spiro atoms. The molecule has 1 aromatic heterocycles. The first-order valence-corrected chi connectivity index (χ1v) is 7.06. The fourth-order valence-electron chi connectivity index (χ4n) is 1.60. The molecule has 2 aromatic rings. The van der Waals surface area contributed by atoms with E-state index in [4.69, 9.17) is 4.74 Å². The molecule has 0 bridgehead atoms. The maximum Gasteiger partial charge on any atom is 0.348 e. The third kappa shape index (κ3) is 3.65. The van der Waals surface area contributed by atoms with Gasteiger partial charge in [0.05, 0.1) is 11.5 Å². The van der Waals surface area contributed by atoms with E-state index in [9.17, 15) is 9.59 Å². The maximum absolute atomic E-state index is 12.0. The molecule has 0 saturated heterocycles. The van der Waals surface area contributed by atoms with Crippen LogP contribution in [-0.4, -0.2) is 18.4 Å². The number of hydrogen-bond acceptors (Lipinski definition) is 4. The van der Waals surface area contributed by atoms with Gasteiger partial charge in [0.25, 0.3) is 0 Å². The van der Waals surface area contributed by atoms with Crippen molar-refractivity contribution in [1.29, 1.82) is 0 Å². The van der Waals surface area contributed by atoms with E-state index in [0.29, 0.717) is 16.4 Å². The van der Waals surface area contributed by atoms with Crippen LogP contribution in [0.2, 0.25) is 0 Å². The molecule has 0 saturated carbocycles. The van der Waals surface area contributed by atoms with Crippen LogP contribution in [0.3, 0.4) is 0 Å². The van der Waals surface area contributed by atoms with Crippen molar-refractivity contribution in [2.75, 3.05) is 6.61 Å². The van der Waals surface area contributed by atoms with Gasteiger partial charge in [0.2, 0.25) is 0 Å². The van der Waals surface area contributed by atoms with E-state index >= 15 is 0 Å². The maximum atomic E-state index is 12.0. The quantitative estimate of drug-likeness (QED) is 0.477. The first kappa shape index (κ1) is 14.2. The van der Waals surface area contributed by atoms with Gasteiger partial charge in [-0.15, -0.1) is 11.3 Å². The SMILES string of the molecule is CCOC(=O)c1ccc(C(=O)C=Cc2ccccc2)s1. The Hall–Kier alpha value is -2.20.